The zero-order valence-corrected chi connectivity index (χ0v) is 10.1. The minimum absolute atomic E-state index is 0.204. The third kappa shape index (κ3) is 1.78. The number of imidazole rings is 1. The molecule has 10 heteroatoms. The van der Waals surface area contributed by atoms with Gasteiger partial charge in [0.05, 0.1) is 12.5 Å². The van der Waals surface area contributed by atoms with Gasteiger partial charge in [-0.25, -0.2) is 15.0 Å². The highest BCUT2D eigenvalue weighted by Gasteiger charge is 2.43. The Morgan fingerprint density at radius 3 is 2.85 bits per heavy atom. The lowest BCUT2D eigenvalue weighted by atomic mass is 10.1. The van der Waals surface area contributed by atoms with Gasteiger partial charge in [-0.3, -0.25) is 4.57 Å². The van der Waals surface area contributed by atoms with E-state index in [2.05, 4.69) is 20.1 Å². The number of ether oxygens (including phenoxy) is 1. The largest absolute Gasteiger partial charge is 0.411 e. The van der Waals surface area contributed by atoms with Gasteiger partial charge in [-0.2, -0.15) is 0 Å². The van der Waals surface area contributed by atoms with Crippen LogP contribution < -0.4 is 5.73 Å². The van der Waals surface area contributed by atoms with Crippen LogP contribution in [0.3, 0.4) is 0 Å². The molecule has 0 unspecified atom stereocenters. The van der Waals surface area contributed by atoms with Crippen molar-refractivity contribution < 1.29 is 20.2 Å². The Morgan fingerprint density at radius 2 is 2.10 bits per heavy atom. The highest BCUT2D eigenvalue weighted by molar-refractivity contribution is 5.81. The van der Waals surface area contributed by atoms with Gasteiger partial charge in [0.2, 0.25) is 0 Å². The molecule has 0 bridgehead atoms. The minimum atomic E-state index is -1.23. The van der Waals surface area contributed by atoms with Gasteiger partial charge in [0.25, 0.3) is 0 Å². The number of anilines is 1. The standard InChI is InChI=1S/C10H12N6O4/c11-8-5-9(13-2-12-8)16(3-14-5)10-7(18)6(17)4(20-10)1-15-19/h1-4,6-7,10,17-19H,(H2,11,12,13)/t4-,6+,7+,10+/m0/s1. The quantitative estimate of drug-likeness (QED) is 0.294. The molecule has 0 radical (unpaired) electrons. The Bertz CT molecular complexity index is 658. The number of nitrogens with zero attached hydrogens (tertiary/aromatic N) is 5. The third-order valence-electron chi connectivity index (χ3n) is 3.15. The summed E-state index contributed by atoms with van der Waals surface area (Å²) in [5.41, 5.74) is 6.41. The molecule has 1 fully saturated rings. The van der Waals surface area contributed by atoms with E-state index in [0.717, 1.165) is 6.21 Å². The van der Waals surface area contributed by atoms with Crippen LogP contribution in [0.5, 0.6) is 0 Å². The highest BCUT2D eigenvalue weighted by atomic mass is 16.6. The fourth-order valence-corrected chi connectivity index (χ4v) is 2.16. The highest BCUT2D eigenvalue weighted by Crippen LogP contribution is 2.31. The molecular weight excluding hydrogens is 268 g/mol. The molecule has 1 saturated heterocycles. The molecule has 2 aromatic heterocycles. The number of hydrogen-bond donors (Lipinski definition) is 4. The van der Waals surface area contributed by atoms with Crippen LogP contribution in [0.15, 0.2) is 17.8 Å². The summed E-state index contributed by atoms with van der Waals surface area (Å²) >= 11 is 0. The third-order valence-corrected chi connectivity index (χ3v) is 3.15. The predicted molar refractivity (Wildman–Crippen MR) is 65.9 cm³/mol. The van der Waals surface area contributed by atoms with Crippen molar-refractivity contribution in [2.75, 3.05) is 5.73 Å². The molecular formula is C10H12N6O4. The summed E-state index contributed by atoms with van der Waals surface area (Å²) in [5, 5.41) is 31.1. The second-order valence-corrected chi connectivity index (χ2v) is 4.32. The van der Waals surface area contributed by atoms with Gasteiger partial charge in [0, 0.05) is 0 Å². The topological polar surface area (TPSA) is 152 Å². The molecule has 0 saturated carbocycles. The van der Waals surface area contributed by atoms with Crippen LogP contribution in [0.2, 0.25) is 0 Å². The van der Waals surface area contributed by atoms with Crippen LogP contribution in [0, 0.1) is 0 Å². The van der Waals surface area contributed by atoms with E-state index in [4.69, 9.17) is 15.7 Å². The Labute approximate surface area is 112 Å². The molecule has 0 aliphatic carbocycles. The summed E-state index contributed by atoms with van der Waals surface area (Å²) in [6, 6.07) is 0. The van der Waals surface area contributed by atoms with Crippen LogP contribution in [0.4, 0.5) is 5.82 Å². The maximum Gasteiger partial charge on any atom is 0.167 e. The fraction of sp³-hybridized carbons (Fsp3) is 0.400. The van der Waals surface area contributed by atoms with E-state index in [1.807, 2.05) is 0 Å². The van der Waals surface area contributed by atoms with Crippen molar-refractivity contribution in [2.24, 2.45) is 5.16 Å². The van der Waals surface area contributed by atoms with Crippen LogP contribution in [0.25, 0.3) is 11.2 Å². The summed E-state index contributed by atoms with van der Waals surface area (Å²) in [6.45, 7) is 0. The van der Waals surface area contributed by atoms with Gasteiger partial charge >= 0.3 is 0 Å². The molecule has 20 heavy (non-hydrogen) atoms. The molecule has 1 aliphatic rings. The summed E-state index contributed by atoms with van der Waals surface area (Å²) < 4.78 is 6.87. The zero-order valence-electron chi connectivity index (χ0n) is 10.1. The van der Waals surface area contributed by atoms with Crippen molar-refractivity contribution in [3.05, 3.63) is 12.7 Å². The van der Waals surface area contributed by atoms with Gasteiger partial charge in [0.1, 0.15) is 30.2 Å². The monoisotopic (exact) mass is 280 g/mol. The normalized spacial score (nSPS) is 30.5. The Kier molecular flexibility index (Phi) is 2.97. The molecule has 3 rings (SSSR count). The van der Waals surface area contributed by atoms with Crippen molar-refractivity contribution in [3.8, 4) is 0 Å². The van der Waals surface area contributed by atoms with Crippen molar-refractivity contribution in [1.29, 1.82) is 0 Å². The maximum absolute atomic E-state index is 10.0. The van der Waals surface area contributed by atoms with Gasteiger partial charge in [-0.05, 0) is 0 Å². The Hall–Kier alpha value is -2.30. The van der Waals surface area contributed by atoms with Gasteiger partial charge < -0.3 is 25.9 Å². The number of aliphatic hydroxyl groups is 2. The first-order valence-electron chi connectivity index (χ1n) is 5.75. The average molecular weight is 280 g/mol. The lowest BCUT2D eigenvalue weighted by Crippen LogP contribution is -2.32. The predicted octanol–water partition coefficient (Wildman–Crippen LogP) is -1.51. The molecule has 10 nitrogen and oxygen atoms in total. The van der Waals surface area contributed by atoms with Crippen LogP contribution in [-0.4, -0.2) is 59.5 Å². The zero-order chi connectivity index (χ0) is 14.3. The number of hydrogen-bond acceptors (Lipinski definition) is 9. The smallest absolute Gasteiger partial charge is 0.167 e. The molecule has 2 aromatic rings. The van der Waals surface area contributed by atoms with Crippen LogP contribution in [0.1, 0.15) is 6.23 Å². The first kappa shape index (κ1) is 12.7. The Morgan fingerprint density at radius 1 is 1.30 bits per heavy atom. The van der Waals surface area contributed by atoms with E-state index in [9.17, 15) is 10.2 Å². The van der Waals surface area contributed by atoms with E-state index >= 15 is 0 Å². The SMILES string of the molecule is Nc1ncnc2c1ncn2[C@@H]1O[C@@H](C=NO)[C@@H](O)[C@H]1O. The summed E-state index contributed by atoms with van der Waals surface area (Å²) in [4.78, 5) is 11.9. The first-order chi connectivity index (χ1) is 9.63. The second kappa shape index (κ2) is 4.67. The number of rotatable bonds is 2. The molecule has 0 spiro atoms. The molecule has 4 atom stereocenters. The lowest BCUT2D eigenvalue weighted by Gasteiger charge is -2.16. The van der Waals surface area contributed by atoms with Crippen molar-refractivity contribution in [1.82, 2.24) is 19.5 Å². The average Bonchev–Trinajstić information content (AvgIpc) is 2.97. The first-order valence-corrected chi connectivity index (χ1v) is 5.75. The summed E-state index contributed by atoms with van der Waals surface area (Å²) in [5.74, 6) is 0.204. The van der Waals surface area contributed by atoms with E-state index < -0.39 is 24.5 Å². The number of nitrogens with two attached hydrogens (primary N) is 1. The molecule has 5 N–H and O–H groups in total. The second-order valence-electron chi connectivity index (χ2n) is 4.32. The lowest BCUT2D eigenvalue weighted by molar-refractivity contribution is -0.0214. The van der Waals surface area contributed by atoms with Crippen molar-refractivity contribution >= 4 is 23.2 Å². The number of fused-ring (bicyclic) bond motifs is 1. The fourth-order valence-electron chi connectivity index (χ4n) is 2.16. The molecule has 3 heterocycles. The van der Waals surface area contributed by atoms with Crippen LogP contribution in [-0.2, 0) is 4.74 Å². The van der Waals surface area contributed by atoms with E-state index in [0.29, 0.717) is 11.2 Å². The molecule has 0 amide bonds. The number of nitrogen functional groups attached to an aromatic ring is 1. The minimum Gasteiger partial charge on any atom is -0.411 e. The maximum atomic E-state index is 10.0. The number of aliphatic hydroxyl groups excluding tert-OH is 2. The molecule has 0 aromatic carbocycles. The van der Waals surface area contributed by atoms with E-state index in [1.54, 1.807) is 0 Å². The molecule has 106 valence electrons. The van der Waals surface area contributed by atoms with Gasteiger partial charge in [-0.1, -0.05) is 5.16 Å². The summed E-state index contributed by atoms with van der Waals surface area (Å²) in [7, 11) is 0. The van der Waals surface area contributed by atoms with Crippen molar-refractivity contribution in [2.45, 2.75) is 24.5 Å². The van der Waals surface area contributed by atoms with E-state index in [-0.39, 0.29) is 5.82 Å². The van der Waals surface area contributed by atoms with Gasteiger partial charge in [0.15, 0.2) is 17.7 Å². The Balaban J connectivity index is 2.02. The number of aromatic nitrogens is 4. The van der Waals surface area contributed by atoms with Crippen LogP contribution >= 0.6 is 0 Å². The van der Waals surface area contributed by atoms with E-state index in [1.165, 1.54) is 17.2 Å². The molecule has 1 aliphatic heterocycles. The van der Waals surface area contributed by atoms with Crippen molar-refractivity contribution in [3.63, 3.8) is 0 Å². The number of oxime groups is 1. The van der Waals surface area contributed by atoms with Gasteiger partial charge in [-0.15, -0.1) is 0 Å². The summed E-state index contributed by atoms with van der Waals surface area (Å²) in [6.07, 6.45) is -0.672.